The number of hydrogen-bond donors (Lipinski definition) is 3. The average molecular weight is 509 g/mol. The highest BCUT2D eigenvalue weighted by Gasteiger charge is 2.12. The van der Waals surface area contributed by atoms with Crippen molar-refractivity contribution >= 4 is 52.3 Å². The Kier molecular flexibility index (Phi) is 8.17. The Morgan fingerprint density at radius 3 is 1.82 bits per heavy atom. The molecule has 5 heterocycles. The first-order valence-electron chi connectivity index (χ1n) is 13.9. The second-order valence-corrected chi connectivity index (χ2v) is 10.2. The van der Waals surface area contributed by atoms with Crippen LogP contribution >= 0.6 is 0 Å². The molecule has 2 aliphatic heterocycles. The van der Waals surface area contributed by atoms with Gasteiger partial charge >= 0.3 is 5.97 Å². The smallest absolute Gasteiger partial charge is 0.303 e. The van der Waals surface area contributed by atoms with E-state index in [1.807, 2.05) is 36.4 Å². The fraction of sp³-hybridized carbons (Fsp3) is 0.344. The molecule has 6 heteroatoms. The Balaban J connectivity index is 1.57. The van der Waals surface area contributed by atoms with Gasteiger partial charge < -0.3 is 15.1 Å². The molecular formula is C32H36N4O2. The highest BCUT2D eigenvalue weighted by Crippen LogP contribution is 2.25. The zero-order valence-electron chi connectivity index (χ0n) is 22.1. The third-order valence-electron chi connectivity index (χ3n) is 7.23. The number of fused-ring (bicyclic) bond motifs is 8. The van der Waals surface area contributed by atoms with E-state index in [-0.39, 0.29) is 6.42 Å². The first kappa shape index (κ1) is 25.7. The minimum Gasteiger partial charge on any atom is -0.481 e. The van der Waals surface area contributed by atoms with Crippen molar-refractivity contribution in [1.29, 1.82) is 0 Å². The van der Waals surface area contributed by atoms with Gasteiger partial charge in [-0.05, 0) is 85.5 Å². The predicted octanol–water partition coefficient (Wildman–Crippen LogP) is 7.97. The molecule has 0 fully saturated rings. The van der Waals surface area contributed by atoms with Crippen molar-refractivity contribution in [3.63, 3.8) is 0 Å². The number of aryl methyl sites for hydroxylation is 1. The molecule has 0 aromatic carbocycles. The van der Waals surface area contributed by atoms with Crippen LogP contribution in [0.15, 0.2) is 36.4 Å². The van der Waals surface area contributed by atoms with Gasteiger partial charge in [-0.2, -0.15) is 0 Å². The van der Waals surface area contributed by atoms with E-state index in [0.717, 1.165) is 63.2 Å². The number of carboxylic acids is 1. The SMILES string of the molecule is CCCCCCCCCc1c2nc(cc3ccc([nH]3)c(CCC(=O)O)c3ccc(cc4nc1C=C4)[nH]3)C=C2. The molecule has 8 bridgehead atoms. The first-order chi connectivity index (χ1) is 18.6. The second kappa shape index (κ2) is 12.1. The molecule has 5 rings (SSSR count). The monoisotopic (exact) mass is 508 g/mol. The van der Waals surface area contributed by atoms with E-state index in [0.29, 0.717) is 6.42 Å². The lowest BCUT2D eigenvalue weighted by Gasteiger charge is -2.05. The van der Waals surface area contributed by atoms with E-state index in [2.05, 4.69) is 41.2 Å². The van der Waals surface area contributed by atoms with E-state index in [1.54, 1.807) is 0 Å². The number of rotatable bonds is 11. The number of H-pyrrole nitrogens is 2. The number of aliphatic carboxylic acids is 1. The van der Waals surface area contributed by atoms with Gasteiger partial charge in [0.05, 0.1) is 22.8 Å². The third-order valence-corrected chi connectivity index (χ3v) is 7.23. The van der Waals surface area contributed by atoms with Gasteiger partial charge in [-0.3, -0.25) is 4.79 Å². The van der Waals surface area contributed by atoms with Crippen LogP contribution in [-0.2, 0) is 17.6 Å². The fourth-order valence-corrected chi connectivity index (χ4v) is 5.21. The van der Waals surface area contributed by atoms with Crippen LogP contribution in [-0.4, -0.2) is 31.0 Å². The number of unbranched alkanes of at least 4 members (excludes halogenated alkanes) is 6. The quantitative estimate of drug-likeness (QED) is 0.158. The normalized spacial score (nSPS) is 12.3. The number of carbonyl (C=O) groups is 1. The van der Waals surface area contributed by atoms with E-state index in [1.165, 1.54) is 44.1 Å². The Hall–Kier alpha value is -3.93. The summed E-state index contributed by atoms with van der Waals surface area (Å²) < 4.78 is 0. The van der Waals surface area contributed by atoms with Crippen molar-refractivity contribution in [3.05, 3.63) is 70.3 Å². The van der Waals surface area contributed by atoms with Crippen molar-refractivity contribution in [2.24, 2.45) is 0 Å². The van der Waals surface area contributed by atoms with Gasteiger partial charge in [0.15, 0.2) is 0 Å². The lowest BCUT2D eigenvalue weighted by atomic mass is 10.0. The maximum absolute atomic E-state index is 11.3. The minimum atomic E-state index is -0.813. The van der Waals surface area contributed by atoms with Crippen molar-refractivity contribution in [1.82, 2.24) is 19.9 Å². The van der Waals surface area contributed by atoms with Crippen molar-refractivity contribution in [2.75, 3.05) is 0 Å². The molecule has 0 unspecified atom stereocenters. The van der Waals surface area contributed by atoms with Gasteiger partial charge in [-0.15, -0.1) is 0 Å². The molecule has 3 aromatic heterocycles. The van der Waals surface area contributed by atoms with Crippen LogP contribution in [0.5, 0.6) is 0 Å². The number of aromatic amines is 2. The predicted molar refractivity (Wildman–Crippen MR) is 157 cm³/mol. The summed E-state index contributed by atoms with van der Waals surface area (Å²) in [5, 5.41) is 9.31. The molecule has 6 nitrogen and oxygen atoms in total. The molecule has 0 amide bonds. The molecule has 3 N–H and O–H groups in total. The molecule has 196 valence electrons. The average Bonchev–Trinajstić information content (AvgIpc) is 3.70. The summed E-state index contributed by atoms with van der Waals surface area (Å²) in [5.41, 5.74) is 9.59. The summed E-state index contributed by atoms with van der Waals surface area (Å²) in [6, 6.07) is 12.1. The summed E-state index contributed by atoms with van der Waals surface area (Å²) in [4.78, 5) is 28.2. The Morgan fingerprint density at radius 1 is 0.711 bits per heavy atom. The Labute approximate surface area is 223 Å². The molecule has 0 saturated carbocycles. The molecular weight excluding hydrogens is 472 g/mol. The summed E-state index contributed by atoms with van der Waals surface area (Å²) in [7, 11) is 0. The van der Waals surface area contributed by atoms with Gasteiger partial charge in [-0.1, -0.05) is 45.4 Å². The number of hydrogen-bond acceptors (Lipinski definition) is 3. The fourth-order valence-electron chi connectivity index (χ4n) is 5.21. The molecule has 38 heavy (non-hydrogen) atoms. The summed E-state index contributed by atoms with van der Waals surface area (Å²) in [5.74, 6) is -0.813. The molecule has 0 saturated heterocycles. The summed E-state index contributed by atoms with van der Waals surface area (Å²) >= 11 is 0. The topological polar surface area (TPSA) is 94.7 Å². The van der Waals surface area contributed by atoms with E-state index < -0.39 is 5.97 Å². The zero-order valence-corrected chi connectivity index (χ0v) is 22.1. The Morgan fingerprint density at radius 2 is 1.26 bits per heavy atom. The van der Waals surface area contributed by atoms with Crippen LogP contribution in [0.2, 0.25) is 0 Å². The van der Waals surface area contributed by atoms with Gasteiger partial charge in [0.1, 0.15) is 0 Å². The molecule has 3 aromatic rings. The van der Waals surface area contributed by atoms with Crippen molar-refractivity contribution in [3.8, 4) is 0 Å². The van der Waals surface area contributed by atoms with Crippen LogP contribution in [0.4, 0.5) is 0 Å². The highest BCUT2D eigenvalue weighted by molar-refractivity contribution is 5.81. The van der Waals surface area contributed by atoms with Gasteiger partial charge in [-0.25, -0.2) is 9.97 Å². The Bertz CT molecular complexity index is 1430. The maximum atomic E-state index is 11.3. The van der Waals surface area contributed by atoms with Crippen LogP contribution in [0.1, 0.15) is 92.2 Å². The lowest BCUT2D eigenvalue weighted by Crippen LogP contribution is -1.98. The number of aromatic nitrogens is 4. The summed E-state index contributed by atoms with van der Waals surface area (Å²) in [6.07, 6.45) is 18.7. The minimum absolute atomic E-state index is 0.0599. The van der Waals surface area contributed by atoms with Crippen LogP contribution in [0.25, 0.3) is 46.4 Å². The van der Waals surface area contributed by atoms with Crippen LogP contribution in [0.3, 0.4) is 0 Å². The highest BCUT2D eigenvalue weighted by atomic mass is 16.4. The standard InChI is InChI=1S/C32H36N4O2/c1-2-3-4-5-6-7-8-9-26-28-15-10-22(33-28)20-24-12-17-30(35-24)27(14-19-32(37)38)31-18-13-25(36-31)21-23-11-16-29(26)34-23/h10-13,15-18,20-21,35-36H,2-9,14,19H2,1H3,(H,37,38). The van der Waals surface area contributed by atoms with Gasteiger partial charge in [0.2, 0.25) is 0 Å². The largest absolute Gasteiger partial charge is 0.481 e. The van der Waals surface area contributed by atoms with Gasteiger partial charge in [0, 0.05) is 34.1 Å². The summed E-state index contributed by atoms with van der Waals surface area (Å²) in [6.45, 7) is 2.26. The van der Waals surface area contributed by atoms with Crippen molar-refractivity contribution in [2.45, 2.75) is 71.1 Å². The van der Waals surface area contributed by atoms with Gasteiger partial charge in [0.25, 0.3) is 0 Å². The number of nitrogens with one attached hydrogen (secondary N) is 2. The van der Waals surface area contributed by atoms with Crippen molar-refractivity contribution < 1.29 is 9.90 Å². The molecule has 0 aliphatic carbocycles. The number of carboxylic acid groups (broad SMARTS) is 1. The third kappa shape index (κ3) is 6.31. The molecule has 0 spiro atoms. The van der Waals surface area contributed by atoms with E-state index >= 15 is 0 Å². The molecule has 2 aliphatic rings. The first-order valence-corrected chi connectivity index (χ1v) is 13.9. The maximum Gasteiger partial charge on any atom is 0.303 e. The van der Waals surface area contributed by atoms with E-state index in [9.17, 15) is 9.90 Å². The number of nitrogens with zero attached hydrogens (tertiary/aromatic N) is 2. The second-order valence-electron chi connectivity index (χ2n) is 10.2. The van der Waals surface area contributed by atoms with Crippen LogP contribution < -0.4 is 0 Å². The van der Waals surface area contributed by atoms with E-state index in [4.69, 9.17) is 9.97 Å². The van der Waals surface area contributed by atoms with Crippen LogP contribution in [0, 0.1) is 0 Å². The molecule has 0 atom stereocenters. The zero-order chi connectivity index (χ0) is 26.3. The lowest BCUT2D eigenvalue weighted by molar-refractivity contribution is -0.136. The molecule has 0 radical (unpaired) electrons.